The summed E-state index contributed by atoms with van der Waals surface area (Å²) >= 11 is 0. The van der Waals surface area contributed by atoms with Crippen LogP contribution in [0.25, 0.3) is 10.8 Å². The molecule has 0 amide bonds. The van der Waals surface area contributed by atoms with E-state index in [1.54, 1.807) is 6.20 Å². The highest BCUT2D eigenvalue weighted by atomic mass is 16.3. The second-order valence-corrected chi connectivity index (χ2v) is 5.21. The molecule has 0 saturated carbocycles. The molecule has 2 heteroatoms. The molecule has 0 aliphatic carbocycles. The van der Waals surface area contributed by atoms with Crippen LogP contribution in [0.1, 0.15) is 28.4 Å². The van der Waals surface area contributed by atoms with Gasteiger partial charge in [-0.2, -0.15) is 0 Å². The number of hydrogen-bond donors (Lipinski definition) is 1. The summed E-state index contributed by atoms with van der Waals surface area (Å²) in [5.41, 5.74) is 4.12. The van der Waals surface area contributed by atoms with Crippen molar-refractivity contribution < 1.29 is 5.11 Å². The molecule has 1 N–H and O–H groups in total. The quantitative estimate of drug-likeness (QED) is 0.760. The molecule has 1 atom stereocenters. The highest BCUT2D eigenvalue weighted by Gasteiger charge is 2.15. The third-order valence-corrected chi connectivity index (χ3v) is 3.74. The van der Waals surface area contributed by atoms with E-state index < -0.39 is 6.10 Å². The maximum atomic E-state index is 10.8. The lowest BCUT2D eigenvalue weighted by atomic mass is 9.93. The molecule has 1 unspecified atom stereocenters. The van der Waals surface area contributed by atoms with Gasteiger partial charge in [-0.25, -0.2) is 0 Å². The summed E-state index contributed by atoms with van der Waals surface area (Å²) in [4.78, 5) is 4.18. The summed E-state index contributed by atoms with van der Waals surface area (Å²) < 4.78 is 0. The molecule has 2 nitrogen and oxygen atoms in total. The highest BCUT2D eigenvalue weighted by Crippen LogP contribution is 2.30. The van der Waals surface area contributed by atoms with Crippen LogP contribution in [0.5, 0.6) is 0 Å². The van der Waals surface area contributed by atoms with E-state index in [-0.39, 0.29) is 0 Å². The Morgan fingerprint density at radius 3 is 2.70 bits per heavy atom. The number of rotatable bonds is 2. The van der Waals surface area contributed by atoms with Crippen molar-refractivity contribution in [1.29, 1.82) is 0 Å². The molecular weight excluding hydrogens is 246 g/mol. The molecule has 0 aliphatic heterocycles. The molecule has 100 valence electrons. The predicted molar refractivity (Wildman–Crippen MR) is 81.7 cm³/mol. The molecule has 3 rings (SSSR count). The van der Waals surface area contributed by atoms with Crippen molar-refractivity contribution in [3.63, 3.8) is 0 Å². The van der Waals surface area contributed by atoms with Gasteiger partial charge in [-0.3, -0.25) is 4.98 Å². The molecule has 1 aromatic heterocycles. The number of fused-ring (bicyclic) bond motifs is 1. The lowest BCUT2D eigenvalue weighted by Crippen LogP contribution is -2.03. The van der Waals surface area contributed by atoms with Gasteiger partial charge in [0, 0.05) is 17.8 Å². The monoisotopic (exact) mass is 263 g/mol. The van der Waals surface area contributed by atoms with Crippen LogP contribution in [0.2, 0.25) is 0 Å². The van der Waals surface area contributed by atoms with Crippen LogP contribution in [0.15, 0.2) is 54.9 Å². The Balaban J connectivity index is 2.17. The Bertz CT molecular complexity index is 759. The number of nitrogens with zero attached hydrogens (tertiary/aromatic N) is 1. The molecule has 0 fully saturated rings. The van der Waals surface area contributed by atoms with Crippen molar-refractivity contribution in [2.45, 2.75) is 20.0 Å². The van der Waals surface area contributed by atoms with Crippen molar-refractivity contribution in [2.75, 3.05) is 0 Å². The Kier molecular flexibility index (Phi) is 3.25. The topological polar surface area (TPSA) is 33.1 Å². The van der Waals surface area contributed by atoms with Gasteiger partial charge in [0.15, 0.2) is 0 Å². The van der Waals surface area contributed by atoms with Gasteiger partial charge < -0.3 is 5.11 Å². The molecule has 0 saturated heterocycles. The van der Waals surface area contributed by atoms with E-state index in [4.69, 9.17) is 0 Å². The smallest absolute Gasteiger partial charge is 0.105 e. The van der Waals surface area contributed by atoms with Gasteiger partial charge >= 0.3 is 0 Å². The minimum absolute atomic E-state index is 0.622. The largest absolute Gasteiger partial charge is 0.384 e. The summed E-state index contributed by atoms with van der Waals surface area (Å²) in [6.07, 6.45) is 2.97. The van der Waals surface area contributed by atoms with Crippen LogP contribution in [0, 0.1) is 13.8 Å². The zero-order valence-corrected chi connectivity index (χ0v) is 11.7. The van der Waals surface area contributed by atoms with Gasteiger partial charge in [-0.15, -0.1) is 0 Å². The number of benzene rings is 2. The molecule has 0 aliphatic rings. The number of hydrogen-bond acceptors (Lipinski definition) is 2. The van der Waals surface area contributed by atoms with Crippen molar-refractivity contribution in [3.05, 3.63) is 77.1 Å². The summed E-state index contributed by atoms with van der Waals surface area (Å²) in [6, 6.07) is 14.1. The van der Waals surface area contributed by atoms with Gasteiger partial charge in [0.1, 0.15) is 6.10 Å². The van der Waals surface area contributed by atoms with E-state index in [1.807, 2.05) is 44.3 Å². The molecule has 3 aromatic rings. The van der Waals surface area contributed by atoms with Gasteiger partial charge in [-0.05, 0) is 42.0 Å². The van der Waals surface area contributed by atoms with Crippen LogP contribution in [0.3, 0.4) is 0 Å². The summed E-state index contributed by atoms with van der Waals surface area (Å²) in [6.45, 7) is 4.07. The number of aromatic nitrogens is 1. The number of aryl methyl sites for hydroxylation is 2. The predicted octanol–water partition coefficient (Wildman–Crippen LogP) is 3.93. The fourth-order valence-electron chi connectivity index (χ4n) is 2.60. The number of aliphatic hydroxyl groups is 1. The van der Waals surface area contributed by atoms with E-state index in [0.717, 1.165) is 33.0 Å². The fraction of sp³-hybridized carbons (Fsp3) is 0.167. The molecular formula is C18H17NO. The molecule has 0 radical (unpaired) electrons. The first-order valence-corrected chi connectivity index (χ1v) is 6.74. The second kappa shape index (κ2) is 5.06. The lowest BCUT2D eigenvalue weighted by molar-refractivity contribution is 0.221. The standard InChI is InChI=1S/C18H17NO/c1-12-6-7-13(2)16(10-12)18(20)15-5-3-4-14-8-9-19-11-17(14)15/h3-11,18,20H,1-2H3. The van der Waals surface area contributed by atoms with Gasteiger partial charge in [-0.1, -0.05) is 42.0 Å². The van der Waals surface area contributed by atoms with E-state index >= 15 is 0 Å². The number of pyridine rings is 1. The van der Waals surface area contributed by atoms with E-state index in [2.05, 4.69) is 23.2 Å². The summed E-state index contributed by atoms with van der Waals surface area (Å²) in [5, 5.41) is 12.9. The van der Waals surface area contributed by atoms with Crippen LogP contribution < -0.4 is 0 Å². The van der Waals surface area contributed by atoms with Crippen molar-refractivity contribution in [3.8, 4) is 0 Å². The molecule has 0 spiro atoms. The molecule has 0 bridgehead atoms. The third-order valence-electron chi connectivity index (χ3n) is 3.74. The first kappa shape index (κ1) is 12.8. The van der Waals surface area contributed by atoms with Crippen LogP contribution in [-0.4, -0.2) is 10.1 Å². The Morgan fingerprint density at radius 1 is 1.00 bits per heavy atom. The average molecular weight is 263 g/mol. The number of aliphatic hydroxyl groups excluding tert-OH is 1. The Morgan fingerprint density at radius 2 is 1.85 bits per heavy atom. The van der Waals surface area contributed by atoms with E-state index in [0.29, 0.717) is 0 Å². The van der Waals surface area contributed by atoms with Crippen molar-refractivity contribution in [2.24, 2.45) is 0 Å². The van der Waals surface area contributed by atoms with Crippen molar-refractivity contribution in [1.82, 2.24) is 4.98 Å². The van der Waals surface area contributed by atoms with Crippen LogP contribution in [0.4, 0.5) is 0 Å². The minimum atomic E-state index is -0.622. The zero-order valence-electron chi connectivity index (χ0n) is 11.7. The van der Waals surface area contributed by atoms with Gasteiger partial charge in [0.2, 0.25) is 0 Å². The summed E-state index contributed by atoms with van der Waals surface area (Å²) in [5.74, 6) is 0. The second-order valence-electron chi connectivity index (χ2n) is 5.21. The third kappa shape index (κ3) is 2.19. The average Bonchev–Trinajstić information content (AvgIpc) is 2.48. The highest BCUT2D eigenvalue weighted by molar-refractivity contribution is 5.85. The first-order valence-electron chi connectivity index (χ1n) is 6.74. The molecule has 20 heavy (non-hydrogen) atoms. The summed E-state index contributed by atoms with van der Waals surface area (Å²) in [7, 11) is 0. The zero-order chi connectivity index (χ0) is 14.1. The fourth-order valence-corrected chi connectivity index (χ4v) is 2.60. The Hall–Kier alpha value is -2.19. The Labute approximate surface area is 118 Å². The molecule has 2 aromatic carbocycles. The van der Waals surface area contributed by atoms with E-state index in [9.17, 15) is 5.11 Å². The molecule has 1 heterocycles. The normalized spacial score (nSPS) is 12.6. The van der Waals surface area contributed by atoms with Crippen LogP contribution >= 0.6 is 0 Å². The lowest BCUT2D eigenvalue weighted by Gasteiger charge is -2.17. The van der Waals surface area contributed by atoms with Crippen LogP contribution in [-0.2, 0) is 0 Å². The SMILES string of the molecule is Cc1ccc(C)c(C(O)c2cccc3ccncc23)c1. The van der Waals surface area contributed by atoms with Gasteiger partial charge in [0.05, 0.1) is 0 Å². The van der Waals surface area contributed by atoms with Crippen molar-refractivity contribution >= 4 is 10.8 Å². The minimum Gasteiger partial charge on any atom is -0.384 e. The van der Waals surface area contributed by atoms with Gasteiger partial charge in [0.25, 0.3) is 0 Å². The maximum absolute atomic E-state index is 10.8. The maximum Gasteiger partial charge on any atom is 0.105 e. The van der Waals surface area contributed by atoms with E-state index in [1.165, 1.54) is 0 Å². The first-order chi connectivity index (χ1) is 9.66.